The number of carbonyl (C=O) groups excluding carboxylic acids is 1. The fourth-order valence-electron chi connectivity index (χ4n) is 3.75. The van der Waals surface area contributed by atoms with E-state index in [2.05, 4.69) is 25.8 Å². The Balaban J connectivity index is 1.52. The molecule has 8 nitrogen and oxygen atoms in total. The molecule has 2 aliphatic rings. The predicted molar refractivity (Wildman–Crippen MR) is 98.5 cm³/mol. The molecule has 3 rings (SSSR count). The highest BCUT2D eigenvalue weighted by atomic mass is 16.5. The number of carbonyl (C=O) groups is 1. The molecule has 2 N–H and O–H groups in total. The Bertz CT molecular complexity index is 623. The van der Waals surface area contributed by atoms with Gasteiger partial charge in [-0.25, -0.2) is 4.99 Å². The number of guanidine groups is 1. The van der Waals surface area contributed by atoms with Crippen LogP contribution in [0.15, 0.2) is 9.52 Å². The number of rotatable bonds is 5. The zero-order valence-corrected chi connectivity index (χ0v) is 15.8. The van der Waals surface area contributed by atoms with Crippen LogP contribution in [-0.2, 0) is 11.3 Å². The van der Waals surface area contributed by atoms with Crippen LogP contribution in [0.1, 0.15) is 57.2 Å². The van der Waals surface area contributed by atoms with Crippen LogP contribution in [0.25, 0.3) is 0 Å². The minimum atomic E-state index is 0.229. The Morgan fingerprint density at radius 1 is 1.31 bits per heavy atom. The van der Waals surface area contributed by atoms with Crippen LogP contribution in [-0.4, -0.2) is 52.6 Å². The third-order valence-electron chi connectivity index (χ3n) is 5.09. The van der Waals surface area contributed by atoms with Crippen LogP contribution in [0.5, 0.6) is 0 Å². The van der Waals surface area contributed by atoms with Gasteiger partial charge in [0.25, 0.3) is 0 Å². The topological polar surface area (TPSA) is 95.7 Å². The van der Waals surface area contributed by atoms with E-state index in [0.717, 1.165) is 44.9 Å². The third kappa shape index (κ3) is 4.95. The average Bonchev–Trinajstić information content (AvgIpc) is 3.29. The molecule has 1 atom stereocenters. The first-order valence-corrected chi connectivity index (χ1v) is 9.78. The zero-order valence-electron chi connectivity index (χ0n) is 15.8. The molecule has 144 valence electrons. The Labute approximate surface area is 154 Å². The fraction of sp³-hybridized carbons (Fsp3) is 0.778. The maximum Gasteiger partial charge on any atom is 0.225 e. The molecule has 2 heterocycles. The molecule has 1 aliphatic heterocycles. The lowest BCUT2D eigenvalue weighted by Crippen LogP contribution is -2.45. The molecule has 1 aromatic heterocycles. The second-order valence-electron chi connectivity index (χ2n) is 7.17. The van der Waals surface area contributed by atoms with Crippen LogP contribution in [0, 0.1) is 12.8 Å². The van der Waals surface area contributed by atoms with Crippen molar-refractivity contribution in [3.63, 3.8) is 0 Å². The number of likely N-dealkylation sites (tertiary alicyclic amines) is 1. The Kier molecular flexibility index (Phi) is 6.46. The highest BCUT2D eigenvalue weighted by molar-refractivity contribution is 5.81. The molecule has 1 saturated carbocycles. The van der Waals surface area contributed by atoms with Crippen molar-refractivity contribution in [2.45, 2.75) is 65.0 Å². The number of hydrogen-bond acceptors (Lipinski definition) is 5. The van der Waals surface area contributed by atoms with Crippen molar-refractivity contribution in [2.75, 3.05) is 19.6 Å². The van der Waals surface area contributed by atoms with Gasteiger partial charge in [-0.3, -0.25) is 4.79 Å². The highest BCUT2D eigenvalue weighted by Gasteiger charge is 2.31. The summed E-state index contributed by atoms with van der Waals surface area (Å²) >= 11 is 0. The van der Waals surface area contributed by atoms with Gasteiger partial charge in [-0.15, -0.1) is 0 Å². The van der Waals surface area contributed by atoms with Gasteiger partial charge in [-0.1, -0.05) is 24.4 Å². The third-order valence-corrected chi connectivity index (χ3v) is 5.09. The van der Waals surface area contributed by atoms with E-state index in [9.17, 15) is 4.79 Å². The number of nitrogens with zero attached hydrogens (tertiary/aromatic N) is 4. The Morgan fingerprint density at radius 2 is 2.12 bits per heavy atom. The molecule has 26 heavy (non-hydrogen) atoms. The van der Waals surface area contributed by atoms with Gasteiger partial charge >= 0.3 is 0 Å². The molecular weight excluding hydrogens is 332 g/mol. The predicted octanol–water partition coefficient (Wildman–Crippen LogP) is 1.61. The van der Waals surface area contributed by atoms with Gasteiger partial charge in [-0.2, -0.15) is 4.98 Å². The zero-order chi connectivity index (χ0) is 18.4. The lowest BCUT2D eigenvalue weighted by molar-refractivity contribution is -0.135. The van der Waals surface area contributed by atoms with Crippen molar-refractivity contribution < 1.29 is 9.32 Å². The van der Waals surface area contributed by atoms with Crippen LogP contribution < -0.4 is 10.6 Å². The number of amides is 1. The standard InChI is InChI=1S/C18H30N6O2/c1-3-19-18(20-11-16-21-13(2)26-23-16)22-15-9-10-24(12-15)17(25)14-7-5-4-6-8-14/h14-15H,3-12H2,1-2H3,(H2,19,20,22). The van der Waals surface area contributed by atoms with Gasteiger partial charge in [-0.05, 0) is 26.2 Å². The first-order valence-electron chi connectivity index (χ1n) is 9.78. The molecule has 1 saturated heterocycles. The van der Waals surface area contributed by atoms with E-state index in [4.69, 9.17) is 4.52 Å². The van der Waals surface area contributed by atoms with Crippen molar-refractivity contribution in [3.8, 4) is 0 Å². The van der Waals surface area contributed by atoms with Crippen molar-refractivity contribution in [1.82, 2.24) is 25.7 Å². The summed E-state index contributed by atoms with van der Waals surface area (Å²) in [6.45, 7) is 6.51. The van der Waals surface area contributed by atoms with Crippen molar-refractivity contribution in [1.29, 1.82) is 0 Å². The summed E-state index contributed by atoms with van der Waals surface area (Å²) in [7, 11) is 0. The fourth-order valence-corrected chi connectivity index (χ4v) is 3.75. The van der Waals surface area contributed by atoms with Gasteiger partial charge in [0.05, 0.1) is 0 Å². The van der Waals surface area contributed by atoms with Gasteiger partial charge in [0, 0.05) is 38.5 Å². The molecule has 0 radical (unpaired) electrons. The lowest BCUT2D eigenvalue weighted by atomic mass is 9.88. The first kappa shape index (κ1) is 18.7. The Morgan fingerprint density at radius 3 is 2.81 bits per heavy atom. The second-order valence-corrected chi connectivity index (χ2v) is 7.17. The van der Waals surface area contributed by atoms with Crippen molar-refractivity contribution >= 4 is 11.9 Å². The molecular formula is C18H30N6O2. The molecule has 8 heteroatoms. The Hall–Kier alpha value is -2.12. The summed E-state index contributed by atoms with van der Waals surface area (Å²) in [6.07, 6.45) is 6.72. The summed E-state index contributed by atoms with van der Waals surface area (Å²) in [6, 6.07) is 0.229. The molecule has 1 unspecified atom stereocenters. The number of aromatic nitrogens is 2. The summed E-state index contributed by atoms with van der Waals surface area (Å²) < 4.78 is 4.97. The van der Waals surface area contributed by atoms with E-state index >= 15 is 0 Å². The van der Waals surface area contributed by atoms with E-state index in [-0.39, 0.29) is 12.0 Å². The SMILES string of the molecule is CCNC(=NCc1noc(C)n1)NC1CCN(C(=O)C2CCCCC2)C1. The summed E-state index contributed by atoms with van der Waals surface area (Å²) in [5, 5.41) is 10.5. The number of nitrogens with one attached hydrogen (secondary N) is 2. The molecule has 2 fully saturated rings. The maximum atomic E-state index is 12.7. The maximum absolute atomic E-state index is 12.7. The molecule has 0 aromatic carbocycles. The van der Waals surface area contributed by atoms with E-state index < -0.39 is 0 Å². The van der Waals surface area contributed by atoms with E-state index in [0.29, 0.717) is 24.2 Å². The summed E-state index contributed by atoms with van der Waals surface area (Å²) in [5.41, 5.74) is 0. The molecule has 0 bridgehead atoms. The summed E-state index contributed by atoms with van der Waals surface area (Å²) in [4.78, 5) is 23.4. The van der Waals surface area contributed by atoms with Crippen molar-refractivity contribution in [3.05, 3.63) is 11.7 Å². The van der Waals surface area contributed by atoms with Crippen LogP contribution in [0.4, 0.5) is 0 Å². The first-order chi connectivity index (χ1) is 12.7. The highest BCUT2D eigenvalue weighted by Crippen LogP contribution is 2.26. The van der Waals surface area contributed by atoms with Crippen molar-refractivity contribution in [2.24, 2.45) is 10.9 Å². The van der Waals surface area contributed by atoms with Gasteiger partial charge in [0.1, 0.15) is 6.54 Å². The normalized spacial score (nSPS) is 21.8. The molecule has 1 aliphatic carbocycles. The number of aliphatic imine (C=N–C) groups is 1. The van der Waals surface area contributed by atoms with Crippen LogP contribution >= 0.6 is 0 Å². The van der Waals surface area contributed by atoms with E-state index in [1.807, 2.05) is 11.8 Å². The monoisotopic (exact) mass is 362 g/mol. The van der Waals surface area contributed by atoms with E-state index in [1.165, 1.54) is 19.3 Å². The largest absolute Gasteiger partial charge is 0.357 e. The van der Waals surface area contributed by atoms with Gasteiger partial charge in [0.2, 0.25) is 11.8 Å². The average molecular weight is 362 g/mol. The minimum Gasteiger partial charge on any atom is -0.357 e. The van der Waals surface area contributed by atoms with Crippen LogP contribution in [0.2, 0.25) is 0 Å². The van der Waals surface area contributed by atoms with Crippen LogP contribution in [0.3, 0.4) is 0 Å². The van der Waals surface area contributed by atoms with Gasteiger partial charge < -0.3 is 20.1 Å². The molecule has 1 amide bonds. The molecule has 1 aromatic rings. The minimum absolute atomic E-state index is 0.229. The molecule has 0 spiro atoms. The van der Waals surface area contributed by atoms with Gasteiger partial charge in [0.15, 0.2) is 11.8 Å². The second kappa shape index (κ2) is 9.00. The quantitative estimate of drug-likeness (QED) is 0.610. The van der Waals surface area contributed by atoms with E-state index in [1.54, 1.807) is 6.92 Å². The lowest BCUT2D eigenvalue weighted by Gasteiger charge is -2.26. The summed E-state index contributed by atoms with van der Waals surface area (Å²) in [5.74, 6) is 2.43. The number of aryl methyl sites for hydroxylation is 1. The number of hydrogen-bond donors (Lipinski definition) is 2. The smallest absolute Gasteiger partial charge is 0.225 e.